The highest BCUT2D eigenvalue weighted by Gasteiger charge is 2.52. The summed E-state index contributed by atoms with van der Waals surface area (Å²) < 4.78 is 11.1. The summed E-state index contributed by atoms with van der Waals surface area (Å²) in [5, 5.41) is 0. The monoisotopic (exact) mass is 262 g/mol. The van der Waals surface area contributed by atoms with E-state index in [2.05, 4.69) is 29.8 Å². The van der Waals surface area contributed by atoms with Gasteiger partial charge in [0.1, 0.15) is 0 Å². The molecule has 1 saturated carbocycles. The van der Waals surface area contributed by atoms with Gasteiger partial charge in [-0.15, -0.1) is 0 Å². The smallest absolute Gasteiger partial charge is 0.172 e. The zero-order valence-corrected chi connectivity index (χ0v) is 10.7. The van der Waals surface area contributed by atoms with Gasteiger partial charge < -0.3 is 9.47 Å². The van der Waals surface area contributed by atoms with E-state index >= 15 is 0 Å². The van der Waals surface area contributed by atoms with Crippen LogP contribution in [0.3, 0.4) is 0 Å². The summed E-state index contributed by atoms with van der Waals surface area (Å²) in [6.45, 7) is 5.41. The summed E-state index contributed by atoms with van der Waals surface area (Å²) in [4.78, 5) is 0. The average Bonchev–Trinajstić information content (AvgIpc) is 2.49. The normalized spacial score (nSPS) is 53.1. The lowest BCUT2D eigenvalue weighted by Crippen LogP contribution is -2.51. The van der Waals surface area contributed by atoms with E-state index in [4.69, 9.17) is 9.47 Å². The van der Waals surface area contributed by atoms with Gasteiger partial charge in [-0.05, 0) is 31.1 Å². The van der Waals surface area contributed by atoms with Gasteiger partial charge in [0.15, 0.2) is 6.29 Å². The Labute approximate surface area is 94.5 Å². The molecule has 2 rings (SSSR count). The van der Waals surface area contributed by atoms with Gasteiger partial charge in [0, 0.05) is 7.11 Å². The third-order valence-corrected chi connectivity index (χ3v) is 4.98. The van der Waals surface area contributed by atoms with Crippen LogP contribution in [-0.4, -0.2) is 24.3 Å². The lowest BCUT2D eigenvalue weighted by Gasteiger charge is -2.44. The van der Waals surface area contributed by atoms with E-state index in [-0.39, 0.29) is 10.6 Å². The predicted molar refractivity (Wildman–Crippen MR) is 59.5 cm³/mol. The van der Waals surface area contributed by atoms with Crippen molar-refractivity contribution in [3.63, 3.8) is 0 Å². The van der Waals surface area contributed by atoms with Gasteiger partial charge in [-0.1, -0.05) is 29.3 Å². The number of fused-ring (bicyclic) bond motifs is 1. The Morgan fingerprint density at radius 3 is 2.79 bits per heavy atom. The van der Waals surface area contributed by atoms with E-state index in [1.807, 2.05) is 0 Å². The van der Waals surface area contributed by atoms with E-state index in [0.717, 1.165) is 12.5 Å². The third-order valence-electron chi connectivity index (χ3n) is 4.02. The number of hydrogen-bond donors (Lipinski definition) is 0. The van der Waals surface area contributed by atoms with Gasteiger partial charge in [0.05, 0.1) is 10.9 Å². The maximum atomic E-state index is 5.76. The summed E-state index contributed by atoms with van der Waals surface area (Å²) in [5.74, 6) is 2.22. The molecule has 2 fully saturated rings. The number of methoxy groups -OCH3 is 1. The maximum Gasteiger partial charge on any atom is 0.172 e. The molecule has 3 heteroatoms. The van der Waals surface area contributed by atoms with Gasteiger partial charge in [-0.25, -0.2) is 0 Å². The summed E-state index contributed by atoms with van der Waals surface area (Å²) in [7, 11) is 1.73. The van der Waals surface area contributed by atoms with Crippen molar-refractivity contribution in [3.8, 4) is 0 Å². The zero-order chi connectivity index (χ0) is 10.3. The van der Waals surface area contributed by atoms with Crippen LogP contribution in [0, 0.1) is 17.8 Å². The fourth-order valence-corrected chi connectivity index (χ4v) is 3.97. The lowest BCUT2D eigenvalue weighted by molar-refractivity contribution is -0.191. The Bertz CT molecular complexity index is 217. The topological polar surface area (TPSA) is 18.5 Å². The molecule has 1 aliphatic carbocycles. The van der Waals surface area contributed by atoms with Crippen molar-refractivity contribution in [2.75, 3.05) is 13.7 Å². The molecule has 0 radical (unpaired) electrons. The molecule has 0 aromatic carbocycles. The second-order valence-electron chi connectivity index (χ2n) is 4.88. The first-order chi connectivity index (χ1) is 6.57. The van der Waals surface area contributed by atoms with Crippen LogP contribution in [0.25, 0.3) is 0 Å². The predicted octanol–water partition coefficient (Wildman–Crippen LogP) is 2.81. The van der Waals surface area contributed by atoms with Crippen LogP contribution in [0.15, 0.2) is 0 Å². The number of hydrogen-bond acceptors (Lipinski definition) is 2. The number of ether oxygens (including phenoxy) is 2. The van der Waals surface area contributed by atoms with Crippen LogP contribution in [0.4, 0.5) is 0 Å². The first kappa shape index (κ1) is 10.9. The molecule has 0 amide bonds. The van der Waals surface area contributed by atoms with Crippen molar-refractivity contribution in [3.05, 3.63) is 0 Å². The molecule has 0 aromatic heterocycles. The summed E-state index contributed by atoms with van der Waals surface area (Å²) in [6.07, 6.45) is 2.54. The van der Waals surface area contributed by atoms with Crippen LogP contribution < -0.4 is 0 Å². The molecule has 1 aliphatic heterocycles. The number of rotatable bonds is 1. The minimum absolute atomic E-state index is 0.00454. The fourth-order valence-electron chi connectivity index (χ4n) is 3.08. The fraction of sp³-hybridized carbons (Fsp3) is 1.00. The molecule has 14 heavy (non-hydrogen) atoms. The van der Waals surface area contributed by atoms with E-state index < -0.39 is 0 Å². The molecule has 5 atom stereocenters. The molecule has 0 spiro atoms. The molecule has 0 unspecified atom stereocenters. The van der Waals surface area contributed by atoms with E-state index in [9.17, 15) is 0 Å². The highest BCUT2D eigenvalue weighted by atomic mass is 79.9. The van der Waals surface area contributed by atoms with Crippen molar-refractivity contribution in [2.24, 2.45) is 17.8 Å². The minimum atomic E-state index is -0.0888. The van der Waals surface area contributed by atoms with Gasteiger partial charge in [-0.2, -0.15) is 0 Å². The Morgan fingerprint density at radius 2 is 2.14 bits per heavy atom. The van der Waals surface area contributed by atoms with Crippen molar-refractivity contribution >= 4 is 15.9 Å². The third kappa shape index (κ3) is 1.54. The summed E-state index contributed by atoms with van der Waals surface area (Å²) >= 11 is 3.80. The van der Waals surface area contributed by atoms with Crippen LogP contribution in [0.2, 0.25) is 0 Å². The second kappa shape index (κ2) is 3.76. The molecule has 82 valence electrons. The molecular formula is C11H19BrO2. The van der Waals surface area contributed by atoms with Crippen molar-refractivity contribution in [1.82, 2.24) is 0 Å². The molecule has 0 aromatic rings. The van der Waals surface area contributed by atoms with Crippen LogP contribution in [-0.2, 0) is 9.47 Å². The molecule has 1 heterocycles. The second-order valence-corrected chi connectivity index (χ2v) is 6.59. The summed E-state index contributed by atoms with van der Waals surface area (Å²) in [5.41, 5.74) is 0. The van der Waals surface area contributed by atoms with Crippen molar-refractivity contribution in [1.29, 1.82) is 0 Å². The minimum Gasteiger partial charge on any atom is -0.354 e. The Balaban J connectivity index is 2.17. The van der Waals surface area contributed by atoms with Gasteiger partial charge in [0.2, 0.25) is 0 Å². The first-order valence-corrected chi connectivity index (χ1v) is 6.20. The van der Waals surface area contributed by atoms with Crippen molar-refractivity contribution in [2.45, 2.75) is 37.3 Å². The SMILES string of the molecule is CO[C@H]1OC[C@@H]2[C@@H](C)CC[C@@H]2[C@]1(C)Br. The van der Waals surface area contributed by atoms with Gasteiger partial charge >= 0.3 is 0 Å². The highest BCUT2D eigenvalue weighted by Crippen LogP contribution is 2.51. The van der Waals surface area contributed by atoms with Gasteiger partial charge in [-0.3, -0.25) is 0 Å². The van der Waals surface area contributed by atoms with Crippen molar-refractivity contribution < 1.29 is 9.47 Å². The first-order valence-electron chi connectivity index (χ1n) is 5.40. The lowest BCUT2D eigenvalue weighted by atomic mass is 9.80. The standard InChI is InChI=1S/C11H19BrO2/c1-7-4-5-9-8(7)6-14-10(13-3)11(9,2)12/h7-10H,4-6H2,1-3H3/t7-,8+,9-,10-,11-/m0/s1. The molecule has 0 bridgehead atoms. The molecule has 0 N–H and O–H groups in total. The quantitative estimate of drug-likeness (QED) is 0.677. The number of alkyl halides is 1. The number of halogens is 1. The molecule has 2 nitrogen and oxygen atoms in total. The molecular weight excluding hydrogens is 244 g/mol. The van der Waals surface area contributed by atoms with E-state index in [0.29, 0.717) is 11.8 Å². The Kier molecular flexibility index (Phi) is 2.93. The van der Waals surface area contributed by atoms with Gasteiger partial charge in [0.25, 0.3) is 0 Å². The van der Waals surface area contributed by atoms with E-state index in [1.165, 1.54) is 12.8 Å². The Morgan fingerprint density at radius 1 is 1.43 bits per heavy atom. The zero-order valence-electron chi connectivity index (χ0n) is 9.13. The highest BCUT2D eigenvalue weighted by molar-refractivity contribution is 9.10. The summed E-state index contributed by atoms with van der Waals surface area (Å²) in [6, 6.07) is 0. The Hall–Kier alpha value is 0.400. The van der Waals surface area contributed by atoms with E-state index in [1.54, 1.807) is 7.11 Å². The maximum absolute atomic E-state index is 5.76. The van der Waals surface area contributed by atoms with Crippen LogP contribution in [0.1, 0.15) is 26.7 Å². The molecule has 1 saturated heterocycles. The van der Waals surface area contributed by atoms with Crippen LogP contribution in [0.5, 0.6) is 0 Å². The average molecular weight is 263 g/mol. The largest absolute Gasteiger partial charge is 0.354 e. The molecule has 2 aliphatic rings. The van der Waals surface area contributed by atoms with Crippen LogP contribution >= 0.6 is 15.9 Å².